The number of hydrogen-bond donors (Lipinski definition) is 3. The van der Waals surface area contributed by atoms with Crippen molar-refractivity contribution in [3.8, 4) is 11.5 Å². The van der Waals surface area contributed by atoms with E-state index >= 15 is 0 Å². The van der Waals surface area contributed by atoms with Crippen molar-refractivity contribution in [2.75, 3.05) is 30.6 Å². The molecule has 0 bridgehead atoms. The van der Waals surface area contributed by atoms with Gasteiger partial charge < -0.3 is 25.8 Å². The predicted molar refractivity (Wildman–Crippen MR) is 106 cm³/mol. The van der Waals surface area contributed by atoms with Gasteiger partial charge in [0.1, 0.15) is 17.3 Å². The number of ether oxygens (including phenoxy) is 2. The second-order valence-electron chi connectivity index (χ2n) is 5.71. The van der Waals surface area contributed by atoms with Crippen molar-refractivity contribution < 1.29 is 18.8 Å². The number of aromatic nitrogens is 2. The Hall–Kier alpha value is -4.15. The van der Waals surface area contributed by atoms with Crippen LogP contribution in [-0.2, 0) is 0 Å². The van der Waals surface area contributed by atoms with E-state index in [1.54, 1.807) is 18.2 Å². The van der Waals surface area contributed by atoms with Crippen LogP contribution in [0.3, 0.4) is 0 Å². The van der Waals surface area contributed by atoms with Gasteiger partial charge >= 0.3 is 5.69 Å². The van der Waals surface area contributed by atoms with Crippen LogP contribution in [0.1, 0.15) is 0 Å². The highest BCUT2D eigenvalue weighted by Crippen LogP contribution is 2.35. The first-order valence-corrected chi connectivity index (χ1v) is 8.24. The van der Waals surface area contributed by atoms with Crippen molar-refractivity contribution in [3.05, 3.63) is 58.4 Å². The van der Waals surface area contributed by atoms with E-state index < -0.39 is 16.4 Å². The van der Waals surface area contributed by atoms with E-state index in [9.17, 15) is 14.5 Å². The minimum Gasteiger partial charge on any atom is -0.497 e. The third kappa shape index (κ3) is 4.40. The Morgan fingerprint density at radius 2 is 1.90 bits per heavy atom. The Bertz CT molecular complexity index is 1060. The number of nitrogens with one attached hydrogen (secondary N) is 2. The minimum absolute atomic E-state index is 0.0291. The largest absolute Gasteiger partial charge is 0.497 e. The SMILES string of the molecule is COc1ccc(OC)c(Nc2nc(N)c([N+](=O)[O-])c(Nc3cccc(F)c3)n2)c1. The average Bonchev–Trinajstić information content (AvgIpc) is 2.67. The van der Waals surface area contributed by atoms with Gasteiger partial charge in [0.25, 0.3) is 0 Å². The van der Waals surface area contributed by atoms with Crippen molar-refractivity contribution in [1.29, 1.82) is 0 Å². The highest BCUT2D eigenvalue weighted by molar-refractivity contribution is 5.76. The number of halogens is 1. The molecule has 1 heterocycles. The first-order chi connectivity index (χ1) is 13.9. The number of nitrogens with zero attached hydrogens (tertiary/aromatic N) is 3. The number of hydrogen-bond acceptors (Lipinski definition) is 9. The Balaban J connectivity index is 2.03. The summed E-state index contributed by atoms with van der Waals surface area (Å²) >= 11 is 0. The molecule has 3 aromatic rings. The maximum atomic E-state index is 13.5. The first-order valence-electron chi connectivity index (χ1n) is 8.24. The molecule has 0 aliphatic carbocycles. The van der Waals surface area contributed by atoms with Crippen molar-refractivity contribution in [3.63, 3.8) is 0 Å². The van der Waals surface area contributed by atoms with Gasteiger partial charge in [-0.1, -0.05) is 6.07 Å². The normalized spacial score (nSPS) is 10.3. The molecule has 0 saturated carbocycles. The molecule has 0 amide bonds. The fourth-order valence-electron chi connectivity index (χ4n) is 2.53. The van der Waals surface area contributed by atoms with E-state index in [-0.39, 0.29) is 23.3 Å². The quantitative estimate of drug-likeness (QED) is 0.401. The Kier molecular flexibility index (Phi) is 5.58. The molecule has 10 nitrogen and oxygen atoms in total. The predicted octanol–water partition coefficient (Wildman–Crippen LogP) is 3.61. The summed E-state index contributed by atoms with van der Waals surface area (Å²) in [4.78, 5) is 18.8. The van der Waals surface area contributed by atoms with Gasteiger partial charge in [0, 0.05) is 11.8 Å². The molecule has 0 saturated heterocycles. The molecule has 0 atom stereocenters. The van der Waals surface area contributed by atoms with Crippen LogP contribution in [0.2, 0.25) is 0 Å². The van der Waals surface area contributed by atoms with Crippen LogP contribution in [0, 0.1) is 15.9 Å². The molecule has 0 radical (unpaired) electrons. The van der Waals surface area contributed by atoms with Crippen LogP contribution in [0.4, 0.5) is 39.0 Å². The van der Waals surface area contributed by atoms with E-state index in [2.05, 4.69) is 20.6 Å². The summed E-state index contributed by atoms with van der Waals surface area (Å²) in [5.74, 6) is -0.101. The minimum atomic E-state index is -0.715. The fourth-order valence-corrected chi connectivity index (χ4v) is 2.53. The van der Waals surface area contributed by atoms with Gasteiger partial charge in [-0.15, -0.1) is 0 Å². The van der Waals surface area contributed by atoms with Gasteiger partial charge in [-0.05, 0) is 30.3 Å². The third-order valence-electron chi connectivity index (χ3n) is 3.83. The molecular weight excluding hydrogens is 383 g/mol. The number of nitrogen functional groups attached to an aromatic ring is 1. The van der Waals surface area contributed by atoms with Gasteiger partial charge in [0.2, 0.25) is 17.6 Å². The number of nitro groups is 1. The lowest BCUT2D eigenvalue weighted by Gasteiger charge is -2.13. The van der Waals surface area contributed by atoms with Crippen molar-refractivity contribution in [1.82, 2.24) is 9.97 Å². The van der Waals surface area contributed by atoms with E-state index in [0.717, 1.165) is 0 Å². The molecule has 3 rings (SSSR count). The Morgan fingerprint density at radius 3 is 2.55 bits per heavy atom. The second-order valence-corrected chi connectivity index (χ2v) is 5.71. The summed E-state index contributed by atoms with van der Waals surface area (Å²) in [6.07, 6.45) is 0. The molecule has 0 fully saturated rings. The lowest BCUT2D eigenvalue weighted by atomic mass is 10.2. The summed E-state index contributed by atoms with van der Waals surface area (Å²) in [5, 5.41) is 17.0. The highest BCUT2D eigenvalue weighted by atomic mass is 19.1. The number of benzene rings is 2. The zero-order valence-corrected chi connectivity index (χ0v) is 15.5. The summed E-state index contributed by atoms with van der Waals surface area (Å²) in [6, 6.07) is 10.4. The van der Waals surface area contributed by atoms with Crippen LogP contribution in [0.15, 0.2) is 42.5 Å². The number of nitrogens with two attached hydrogens (primary N) is 1. The molecule has 2 aromatic carbocycles. The maximum absolute atomic E-state index is 13.5. The number of rotatable bonds is 7. The van der Waals surface area contributed by atoms with Crippen LogP contribution < -0.4 is 25.8 Å². The zero-order chi connectivity index (χ0) is 21.0. The lowest BCUT2D eigenvalue weighted by Crippen LogP contribution is -2.09. The van der Waals surface area contributed by atoms with Crippen molar-refractivity contribution in [2.45, 2.75) is 0 Å². The van der Waals surface area contributed by atoms with Crippen LogP contribution in [-0.4, -0.2) is 29.1 Å². The summed E-state index contributed by atoms with van der Waals surface area (Å²) in [6.45, 7) is 0. The lowest BCUT2D eigenvalue weighted by molar-refractivity contribution is -0.383. The fraction of sp³-hybridized carbons (Fsp3) is 0.111. The monoisotopic (exact) mass is 400 g/mol. The highest BCUT2D eigenvalue weighted by Gasteiger charge is 2.24. The van der Waals surface area contributed by atoms with E-state index in [4.69, 9.17) is 15.2 Å². The average molecular weight is 400 g/mol. The van der Waals surface area contributed by atoms with Gasteiger partial charge in [0.15, 0.2) is 0 Å². The molecule has 0 unspecified atom stereocenters. The van der Waals surface area contributed by atoms with Crippen LogP contribution in [0.25, 0.3) is 0 Å². The number of methoxy groups -OCH3 is 2. The topological polar surface area (TPSA) is 137 Å². The standard InChI is InChI=1S/C18H17FN6O4/c1-28-12-6-7-14(29-2)13(9-12)22-18-23-16(20)15(25(26)27)17(24-18)21-11-5-3-4-10(19)8-11/h3-9H,1-2H3,(H4,20,21,22,23,24). The molecule has 0 aliphatic rings. The number of anilines is 5. The first kappa shape index (κ1) is 19.6. The van der Waals surface area contributed by atoms with Crippen molar-refractivity contribution in [2.24, 2.45) is 0 Å². The van der Waals surface area contributed by atoms with Crippen molar-refractivity contribution >= 4 is 34.6 Å². The van der Waals surface area contributed by atoms with Gasteiger partial charge in [-0.25, -0.2) is 4.39 Å². The molecule has 1 aromatic heterocycles. The maximum Gasteiger partial charge on any atom is 0.353 e. The van der Waals surface area contributed by atoms with Gasteiger partial charge in [0.05, 0.1) is 24.8 Å². The summed E-state index contributed by atoms with van der Waals surface area (Å²) in [5.41, 5.74) is 5.97. The van der Waals surface area contributed by atoms with Crippen LogP contribution in [0.5, 0.6) is 11.5 Å². The summed E-state index contributed by atoms with van der Waals surface area (Å²) in [7, 11) is 2.99. The van der Waals surface area contributed by atoms with E-state index in [1.807, 2.05) is 0 Å². The molecule has 150 valence electrons. The third-order valence-corrected chi connectivity index (χ3v) is 3.83. The second kappa shape index (κ2) is 8.25. The molecule has 0 aliphatic heterocycles. The molecular formula is C18H17FN6O4. The zero-order valence-electron chi connectivity index (χ0n) is 15.5. The Labute approximate surface area is 164 Å². The molecule has 29 heavy (non-hydrogen) atoms. The van der Waals surface area contributed by atoms with Gasteiger partial charge in [-0.3, -0.25) is 10.1 Å². The summed E-state index contributed by atoms with van der Waals surface area (Å²) < 4.78 is 23.9. The smallest absolute Gasteiger partial charge is 0.353 e. The van der Waals surface area contributed by atoms with E-state index in [1.165, 1.54) is 38.5 Å². The molecule has 0 spiro atoms. The molecule has 4 N–H and O–H groups in total. The van der Waals surface area contributed by atoms with Crippen LogP contribution >= 0.6 is 0 Å². The van der Waals surface area contributed by atoms with E-state index in [0.29, 0.717) is 17.2 Å². The molecule has 11 heteroatoms. The van der Waals surface area contributed by atoms with Gasteiger partial charge in [-0.2, -0.15) is 9.97 Å². The Morgan fingerprint density at radius 1 is 1.10 bits per heavy atom.